The molecule has 4 heteroatoms. The van der Waals surface area contributed by atoms with Gasteiger partial charge in [0.25, 0.3) is 0 Å². The van der Waals surface area contributed by atoms with Crippen LogP contribution in [0.4, 0.5) is 0 Å². The van der Waals surface area contributed by atoms with Crippen molar-refractivity contribution in [3.63, 3.8) is 0 Å². The molecule has 0 saturated heterocycles. The van der Waals surface area contributed by atoms with Gasteiger partial charge >= 0.3 is 0 Å². The van der Waals surface area contributed by atoms with Crippen LogP contribution in [0.3, 0.4) is 0 Å². The van der Waals surface area contributed by atoms with E-state index in [1.54, 1.807) is 7.11 Å². The maximum absolute atomic E-state index is 6.22. The summed E-state index contributed by atoms with van der Waals surface area (Å²) in [6.07, 6.45) is 4.79. The monoisotopic (exact) mass is 287 g/mol. The van der Waals surface area contributed by atoms with Gasteiger partial charge in [0.05, 0.1) is 12.8 Å². The summed E-state index contributed by atoms with van der Waals surface area (Å²) in [4.78, 5) is 0. The van der Waals surface area contributed by atoms with Crippen molar-refractivity contribution in [3.05, 3.63) is 47.8 Å². The van der Waals surface area contributed by atoms with E-state index in [-0.39, 0.29) is 6.04 Å². The average Bonchev–Trinajstić information content (AvgIpc) is 2.94. The van der Waals surface area contributed by atoms with Crippen molar-refractivity contribution in [3.8, 4) is 5.75 Å². The fourth-order valence-corrected chi connectivity index (χ4v) is 2.29. The summed E-state index contributed by atoms with van der Waals surface area (Å²) >= 11 is 0. The van der Waals surface area contributed by atoms with Crippen molar-refractivity contribution in [2.24, 2.45) is 5.73 Å². The largest absolute Gasteiger partial charge is 0.497 e. The number of aryl methyl sites for hydroxylation is 1. The van der Waals surface area contributed by atoms with Gasteiger partial charge in [-0.3, -0.25) is 4.68 Å². The zero-order valence-electron chi connectivity index (χ0n) is 13.1. The fraction of sp³-hybridized carbons (Fsp3) is 0.471. The van der Waals surface area contributed by atoms with Gasteiger partial charge in [-0.25, -0.2) is 0 Å². The van der Waals surface area contributed by atoms with Gasteiger partial charge in [-0.1, -0.05) is 12.1 Å². The number of aromatic nitrogens is 2. The van der Waals surface area contributed by atoms with Gasteiger partial charge in [-0.05, 0) is 50.5 Å². The number of methoxy groups -OCH3 is 1. The lowest BCUT2D eigenvalue weighted by molar-refractivity contribution is 0.414. The van der Waals surface area contributed by atoms with Crippen molar-refractivity contribution in [1.82, 2.24) is 9.78 Å². The molecule has 21 heavy (non-hydrogen) atoms. The van der Waals surface area contributed by atoms with E-state index in [0.717, 1.165) is 30.7 Å². The summed E-state index contributed by atoms with van der Waals surface area (Å²) in [5, 5.41) is 4.55. The standard InChI is InChI=1S/C17H25N3O/c1-13(2)20-11-10-16(19-20)12-15(18)7-4-14-5-8-17(21-3)9-6-14/h5-6,8-11,13,15H,4,7,12,18H2,1-3H3. The highest BCUT2D eigenvalue weighted by Crippen LogP contribution is 2.14. The third-order valence-corrected chi connectivity index (χ3v) is 3.63. The molecule has 0 radical (unpaired) electrons. The van der Waals surface area contributed by atoms with Crippen LogP contribution in [-0.4, -0.2) is 22.9 Å². The lowest BCUT2D eigenvalue weighted by Crippen LogP contribution is -2.24. The van der Waals surface area contributed by atoms with Crippen LogP contribution in [0.5, 0.6) is 5.75 Å². The Hall–Kier alpha value is -1.81. The third kappa shape index (κ3) is 4.60. The van der Waals surface area contributed by atoms with Gasteiger partial charge in [0, 0.05) is 24.7 Å². The first kappa shape index (κ1) is 15.6. The highest BCUT2D eigenvalue weighted by molar-refractivity contribution is 5.27. The fourth-order valence-electron chi connectivity index (χ4n) is 2.29. The Labute approximate surface area is 126 Å². The molecule has 1 heterocycles. The molecule has 0 aliphatic rings. The Kier molecular flexibility index (Phi) is 5.39. The van der Waals surface area contributed by atoms with Crippen LogP contribution >= 0.6 is 0 Å². The van der Waals surface area contributed by atoms with Crippen molar-refractivity contribution in [1.29, 1.82) is 0 Å². The highest BCUT2D eigenvalue weighted by atomic mass is 16.5. The summed E-state index contributed by atoms with van der Waals surface area (Å²) in [5.41, 5.74) is 8.59. The third-order valence-electron chi connectivity index (χ3n) is 3.63. The Morgan fingerprint density at radius 2 is 1.90 bits per heavy atom. The van der Waals surface area contributed by atoms with Gasteiger partial charge in [-0.2, -0.15) is 5.10 Å². The van der Waals surface area contributed by atoms with E-state index in [9.17, 15) is 0 Å². The molecule has 1 aromatic carbocycles. The summed E-state index contributed by atoms with van der Waals surface area (Å²) in [6, 6.07) is 10.8. The first-order valence-electron chi connectivity index (χ1n) is 7.51. The minimum atomic E-state index is 0.141. The molecule has 0 aliphatic heterocycles. The number of benzene rings is 1. The van der Waals surface area contributed by atoms with E-state index in [1.165, 1.54) is 5.56 Å². The molecule has 0 amide bonds. The Morgan fingerprint density at radius 3 is 2.48 bits per heavy atom. The van der Waals surface area contributed by atoms with Crippen LogP contribution in [0.2, 0.25) is 0 Å². The number of nitrogens with zero attached hydrogens (tertiary/aromatic N) is 2. The smallest absolute Gasteiger partial charge is 0.118 e. The molecule has 2 aromatic rings. The molecule has 2 N–H and O–H groups in total. The predicted octanol–water partition coefficient (Wildman–Crippen LogP) is 2.98. The molecule has 1 unspecified atom stereocenters. The molecule has 0 aliphatic carbocycles. The van der Waals surface area contributed by atoms with Crippen LogP contribution in [0.15, 0.2) is 36.5 Å². The lowest BCUT2D eigenvalue weighted by atomic mass is 10.0. The van der Waals surface area contributed by atoms with Crippen LogP contribution in [0, 0.1) is 0 Å². The quantitative estimate of drug-likeness (QED) is 0.851. The molecule has 2 rings (SSSR count). The second-order valence-corrected chi connectivity index (χ2v) is 5.73. The van der Waals surface area contributed by atoms with Crippen molar-refractivity contribution >= 4 is 0 Å². The van der Waals surface area contributed by atoms with Crippen LogP contribution in [-0.2, 0) is 12.8 Å². The molecule has 114 valence electrons. The summed E-state index contributed by atoms with van der Waals surface area (Å²) in [6.45, 7) is 4.25. The minimum absolute atomic E-state index is 0.141. The van der Waals surface area contributed by atoms with E-state index >= 15 is 0 Å². The summed E-state index contributed by atoms with van der Waals surface area (Å²) < 4.78 is 7.14. The van der Waals surface area contributed by atoms with Crippen LogP contribution in [0.25, 0.3) is 0 Å². The van der Waals surface area contributed by atoms with E-state index in [0.29, 0.717) is 6.04 Å². The molecule has 4 nitrogen and oxygen atoms in total. The zero-order chi connectivity index (χ0) is 15.2. The molecular weight excluding hydrogens is 262 g/mol. The average molecular weight is 287 g/mol. The number of nitrogens with two attached hydrogens (primary N) is 1. The van der Waals surface area contributed by atoms with Gasteiger partial charge in [0.1, 0.15) is 5.75 Å². The lowest BCUT2D eigenvalue weighted by Gasteiger charge is -2.10. The first-order chi connectivity index (χ1) is 10.1. The highest BCUT2D eigenvalue weighted by Gasteiger charge is 2.08. The number of hydrogen-bond acceptors (Lipinski definition) is 3. The number of hydrogen-bond donors (Lipinski definition) is 1. The van der Waals surface area contributed by atoms with Crippen LogP contribution < -0.4 is 10.5 Å². The van der Waals surface area contributed by atoms with E-state index in [2.05, 4.69) is 37.1 Å². The van der Waals surface area contributed by atoms with Crippen LogP contribution in [0.1, 0.15) is 37.6 Å². The summed E-state index contributed by atoms with van der Waals surface area (Å²) in [7, 11) is 1.68. The molecule has 0 saturated carbocycles. The zero-order valence-corrected chi connectivity index (χ0v) is 13.1. The molecule has 1 atom stereocenters. The molecule has 1 aromatic heterocycles. The van der Waals surface area contributed by atoms with Gasteiger partial charge < -0.3 is 10.5 Å². The first-order valence-corrected chi connectivity index (χ1v) is 7.51. The Balaban J connectivity index is 1.81. The number of ether oxygens (including phenoxy) is 1. The SMILES string of the molecule is COc1ccc(CCC(N)Cc2ccn(C(C)C)n2)cc1. The molecule has 0 fully saturated rings. The molecular formula is C17H25N3O. The minimum Gasteiger partial charge on any atom is -0.497 e. The Bertz CT molecular complexity index is 545. The van der Waals surface area contributed by atoms with Gasteiger partial charge in [0.2, 0.25) is 0 Å². The second kappa shape index (κ2) is 7.27. The topological polar surface area (TPSA) is 53.1 Å². The molecule has 0 bridgehead atoms. The normalized spacial score (nSPS) is 12.6. The maximum atomic E-state index is 6.22. The predicted molar refractivity (Wildman–Crippen MR) is 85.6 cm³/mol. The number of rotatable bonds is 7. The van der Waals surface area contributed by atoms with E-state index in [4.69, 9.17) is 10.5 Å². The molecule has 0 spiro atoms. The van der Waals surface area contributed by atoms with Crippen molar-refractivity contribution < 1.29 is 4.74 Å². The van der Waals surface area contributed by atoms with Gasteiger partial charge in [0.15, 0.2) is 0 Å². The van der Waals surface area contributed by atoms with Crippen molar-refractivity contribution in [2.75, 3.05) is 7.11 Å². The Morgan fingerprint density at radius 1 is 1.19 bits per heavy atom. The second-order valence-electron chi connectivity index (χ2n) is 5.73. The van der Waals surface area contributed by atoms with Gasteiger partial charge in [-0.15, -0.1) is 0 Å². The summed E-state index contributed by atoms with van der Waals surface area (Å²) in [5.74, 6) is 0.891. The van der Waals surface area contributed by atoms with Crippen molar-refractivity contribution in [2.45, 2.75) is 45.2 Å². The van der Waals surface area contributed by atoms with E-state index < -0.39 is 0 Å². The van der Waals surface area contributed by atoms with E-state index in [1.807, 2.05) is 23.0 Å². The maximum Gasteiger partial charge on any atom is 0.118 e.